The lowest BCUT2D eigenvalue weighted by atomic mass is 10.0. The van der Waals surface area contributed by atoms with Crippen LogP contribution in [0.3, 0.4) is 0 Å². The van der Waals surface area contributed by atoms with Crippen molar-refractivity contribution in [3.63, 3.8) is 0 Å². The van der Waals surface area contributed by atoms with Gasteiger partial charge in [-0.1, -0.05) is 106 Å². The topological polar surface area (TPSA) is 9.23 Å². The smallest absolute Gasteiger partial charge is 0.119 e. The molecular formula is C35H38O. The Morgan fingerprint density at radius 2 is 1.17 bits per heavy atom. The normalized spacial score (nSPS) is 10.7. The van der Waals surface area contributed by atoms with Crippen molar-refractivity contribution in [1.29, 1.82) is 0 Å². The Morgan fingerprint density at radius 1 is 0.556 bits per heavy atom. The number of unbranched alkanes of at least 4 members (excludes halogenated alkanes) is 5. The minimum Gasteiger partial charge on any atom is -0.494 e. The molecule has 0 atom stereocenters. The summed E-state index contributed by atoms with van der Waals surface area (Å²) in [6, 6.07) is 30.2. The first kappa shape index (κ1) is 25.6. The van der Waals surface area contributed by atoms with E-state index in [4.69, 9.17) is 4.74 Å². The van der Waals surface area contributed by atoms with Crippen molar-refractivity contribution in [2.45, 2.75) is 65.2 Å². The molecule has 0 aliphatic heterocycles. The molecule has 1 nitrogen and oxygen atoms in total. The van der Waals surface area contributed by atoms with Crippen LogP contribution in [-0.4, -0.2) is 6.61 Å². The van der Waals surface area contributed by atoms with Gasteiger partial charge in [-0.05, 0) is 83.1 Å². The molecule has 0 amide bonds. The summed E-state index contributed by atoms with van der Waals surface area (Å²) in [6.45, 7) is 5.28. The highest BCUT2D eigenvalue weighted by Crippen LogP contribution is 2.23. The van der Waals surface area contributed by atoms with E-state index in [9.17, 15) is 0 Å². The number of rotatable bonds is 11. The maximum Gasteiger partial charge on any atom is 0.119 e. The van der Waals surface area contributed by atoms with Crippen molar-refractivity contribution in [3.8, 4) is 28.7 Å². The molecule has 0 radical (unpaired) electrons. The van der Waals surface area contributed by atoms with Crippen LogP contribution >= 0.6 is 0 Å². The van der Waals surface area contributed by atoms with Gasteiger partial charge in [0.2, 0.25) is 0 Å². The van der Waals surface area contributed by atoms with Gasteiger partial charge in [0.25, 0.3) is 0 Å². The molecule has 0 aliphatic carbocycles. The summed E-state index contributed by atoms with van der Waals surface area (Å²) in [4.78, 5) is 0. The Bertz CT molecular complexity index is 1290. The van der Waals surface area contributed by atoms with Crippen molar-refractivity contribution in [2.75, 3.05) is 6.61 Å². The minimum absolute atomic E-state index is 0.796. The summed E-state index contributed by atoms with van der Waals surface area (Å²) in [6.07, 6.45) is 9.89. The van der Waals surface area contributed by atoms with Gasteiger partial charge in [0, 0.05) is 11.1 Å². The predicted octanol–water partition coefficient (Wildman–Crippen LogP) is 9.60. The monoisotopic (exact) mass is 474 g/mol. The highest BCUT2D eigenvalue weighted by atomic mass is 16.5. The van der Waals surface area contributed by atoms with E-state index in [-0.39, 0.29) is 0 Å². The quantitative estimate of drug-likeness (QED) is 0.155. The molecule has 0 aromatic heterocycles. The average Bonchev–Trinajstić information content (AvgIpc) is 2.92. The zero-order chi connectivity index (χ0) is 25.0. The van der Waals surface area contributed by atoms with Crippen LogP contribution in [0.5, 0.6) is 5.75 Å². The maximum atomic E-state index is 5.87. The van der Waals surface area contributed by atoms with E-state index >= 15 is 0 Å². The van der Waals surface area contributed by atoms with Crippen molar-refractivity contribution in [3.05, 3.63) is 102 Å². The van der Waals surface area contributed by atoms with Gasteiger partial charge >= 0.3 is 0 Å². The zero-order valence-corrected chi connectivity index (χ0v) is 21.9. The molecule has 36 heavy (non-hydrogen) atoms. The Hall–Kier alpha value is -3.50. The van der Waals surface area contributed by atoms with E-state index in [1.807, 2.05) is 0 Å². The van der Waals surface area contributed by atoms with Crippen LogP contribution in [0.25, 0.3) is 21.9 Å². The molecule has 184 valence electrons. The van der Waals surface area contributed by atoms with E-state index in [2.05, 4.69) is 111 Å². The number of ether oxygens (including phenoxy) is 1. The largest absolute Gasteiger partial charge is 0.494 e. The number of benzene rings is 4. The lowest BCUT2D eigenvalue weighted by Gasteiger charge is -2.07. The van der Waals surface area contributed by atoms with E-state index in [0.29, 0.717) is 0 Å². The molecule has 0 N–H and O–H groups in total. The van der Waals surface area contributed by atoms with Gasteiger partial charge in [-0.2, -0.15) is 0 Å². The molecule has 0 saturated heterocycles. The van der Waals surface area contributed by atoms with Gasteiger partial charge in [-0.15, -0.1) is 0 Å². The van der Waals surface area contributed by atoms with Gasteiger partial charge in [0.05, 0.1) is 6.61 Å². The third-order valence-corrected chi connectivity index (χ3v) is 6.66. The number of hydrogen-bond donors (Lipinski definition) is 0. The minimum atomic E-state index is 0.796. The summed E-state index contributed by atoms with van der Waals surface area (Å²) < 4.78 is 5.87. The van der Waals surface area contributed by atoms with Crippen molar-refractivity contribution >= 4 is 10.8 Å². The van der Waals surface area contributed by atoms with Crippen LogP contribution in [0.15, 0.2) is 84.9 Å². The molecule has 0 unspecified atom stereocenters. The fraction of sp³-hybridized carbons (Fsp3) is 0.314. The zero-order valence-electron chi connectivity index (χ0n) is 21.9. The summed E-state index contributed by atoms with van der Waals surface area (Å²) >= 11 is 0. The Kier molecular flexibility index (Phi) is 9.63. The van der Waals surface area contributed by atoms with Crippen LogP contribution in [0, 0.1) is 11.8 Å². The highest BCUT2D eigenvalue weighted by Gasteiger charge is 2.01. The third-order valence-electron chi connectivity index (χ3n) is 6.66. The number of fused-ring (bicyclic) bond motifs is 1. The second-order valence-corrected chi connectivity index (χ2v) is 9.61. The van der Waals surface area contributed by atoms with E-state index < -0.39 is 0 Å². The van der Waals surface area contributed by atoms with Crippen LogP contribution in [0.4, 0.5) is 0 Å². The van der Waals surface area contributed by atoms with Crippen molar-refractivity contribution in [1.82, 2.24) is 0 Å². The fourth-order valence-electron chi connectivity index (χ4n) is 4.46. The lowest BCUT2D eigenvalue weighted by Crippen LogP contribution is -1.96. The van der Waals surface area contributed by atoms with Crippen molar-refractivity contribution < 1.29 is 4.74 Å². The first-order chi connectivity index (χ1) is 17.7. The molecule has 0 bridgehead atoms. The number of aryl methyl sites for hydroxylation is 1. The van der Waals surface area contributed by atoms with Gasteiger partial charge in [0.15, 0.2) is 0 Å². The lowest BCUT2D eigenvalue weighted by molar-refractivity contribution is 0.305. The summed E-state index contributed by atoms with van der Waals surface area (Å²) in [5, 5.41) is 2.55. The second kappa shape index (κ2) is 13.6. The van der Waals surface area contributed by atoms with Crippen LogP contribution in [0.1, 0.15) is 75.5 Å². The van der Waals surface area contributed by atoms with Crippen LogP contribution < -0.4 is 4.74 Å². The molecule has 4 aromatic rings. The SMILES string of the molecule is CCCCCCOc1ccc(-c2ccc(C#Cc3ccc4cc(CCCCC)ccc4c3)cc2)cc1. The highest BCUT2D eigenvalue weighted by molar-refractivity contribution is 5.84. The molecule has 4 rings (SSSR count). The Morgan fingerprint density at radius 3 is 1.92 bits per heavy atom. The van der Waals surface area contributed by atoms with Gasteiger partial charge in [-0.25, -0.2) is 0 Å². The molecule has 0 aliphatic rings. The molecule has 4 aromatic carbocycles. The van der Waals surface area contributed by atoms with E-state index in [0.717, 1.165) is 29.9 Å². The molecule has 0 saturated carbocycles. The first-order valence-electron chi connectivity index (χ1n) is 13.6. The standard InChI is InChI=1S/C35H38O/c1-3-5-7-9-25-36-35-23-21-32(22-24-35)31-17-13-28(14-18-31)11-12-30-16-20-33-26-29(10-8-6-4-2)15-19-34(33)27-30/h13-24,26-27H,3-10,25H2,1-2H3. The third kappa shape index (κ3) is 7.50. The molecule has 0 heterocycles. The molecule has 0 fully saturated rings. The number of hydrogen-bond acceptors (Lipinski definition) is 1. The van der Waals surface area contributed by atoms with Crippen LogP contribution in [0.2, 0.25) is 0 Å². The maximum absolute atomic E-state index is 5.87. The van der Waals surface area contributed by atoms with Gasteiger partial charge in [0.1, 0.15) is 5.75 Å². The van der Waals surface area contributed by atoms with Crippen LogP contribution in [-0.2, 0) is 6.42 Å². The average molecular weight is 475 g/mol. The molecule has 0 spiro atoms. The van der Waals surface area contributed by atoms with Gasteiger partial charge < -0.3 is 4.74 Å². The summed E-state index contributed by atoms with van der Waals surface area (Å²) in [7, 11) is 0. The predicted molar refractivity (Wildman–Crippen MR) is 155 cm³/mol. The fourth-order valence-corrected chi connectivity index (χ4v) is 4.46. The van der Waals surface area contributed by atoms with Crippen molar-refractivity contribution in [2.24, 2.45) is 0 Å². The summed E-state index contributed by atoms with van der Waals surface area (Å²) in [5.74, 6) is 7.61. The first-order valence-corrected chi connectivity index (χ1v) is 13.6. The second-order valence-electron chi connectivity index (χ2n) is 9.61. The Balaban J connectivity index is 1.36. The van der Waals surface area contributed by atoms with E-state index in [1.165, 1.54) is 72.4 Å². The molecule has 1 heteroatoms. The van der Waals surface area contributed by atoms with E-state index in [1.54, 1.807) is 0 Å². The summed E-state index contributed by atoms with van der Waals surface area (Å²) in [5.41, 5.74) is 5.89. The van der Waals surface area contributed by atoms with Gasteiger partial charge in [-0.3, -0.25) is 0 Å². The molecular weight excluding hydrogens is 436 g/mol. The Labute approximate surface area is 217 Å².